The van der Waals surface area contributed by atoms with E-state index in [0.717, 1.165) is 16.8 Å². The summed E-state index contributed by atoms with van der Waals surface area (Å²) >= 11 is 0. The molecule has 0 amide bonds. The van der Waals surface area contributed by atoms with Crippen molar-refractivity contribution in [3.8, 4) is 0 Å². The van der Waals surface area contributed by atoms with Gasteiger partial charge in [-0.1, -0.05) is 37.6 Å². The van der Waals surface area contributed by atoms with Gasteiger partial charge in [0, 0.05) is 17.8 Å². The number of rotatable bonds is 3. The molecule has 0 aromatic heterocycles. The van der Waals surface area contributed by atoms with Crippen molar-refractivity contribution < 1.29 is 0 Å². The van der Waals surface area contributed by atoms with Crippen molar-refractivity contribution in [2.75, 3.05) is 6.54 Å². The summed E-state index contributed by atoms with van der Waals surface area (Å²) < 4.78 is 0. The molecule has 0 atom stereocenters. The predicted molar refractivity (Wildman–Crippen MR) is 71.1 cm³/mol. The lowest BCUT2D eigenvalue weighted by Gasteiger charge is -2.15. The maximum atomic E-state index is 6.14. The number of hydrogen-bond acceptors (Lipinski definition) is 2. The normalized spacial score (nSPS) is 12.9. The zero-order chi connectivity index (χ0) is 12.3. The first-order valence-corrected chi connectivity index (χ1v) is 5.73. The van der Waals surface area contributed by atoms with E-state index in [9.17, 15) is 0 Å². The number of benzene rings is 1. The molecule has 0 heterocycles. The average Bonchev–Trinajstić information content (AvgIpc) is 2.26. The molecule has 0 radical (unpaired) electrons. The highest BCUT2D eigenvalue weighted by Gasteiger charge is 2.10. The van der Waals surface area contributed by atoms with Gasteiger partial charge in [-0.2, -0.15) is 0 Å². The molecule has 0 aliphatic rings. The van der Waals surface area contributed by atoms with Gasteiger partial charge < -0.3 is 11.5 Å². The van der Waals surface area contributed by atoms with E-state index in [1.165, 1.54) is 11.1 Å². The van der Waals surface area contributed by atoms with Crippen molar-refractivity contribution in [3.63, 3.8) is 0 Å². The standard InChI is InChI=1S/C14H22N2/c1-9(2)13-7-10(3)5-6-12(13)14(16)11(4)8-15/h5-7,9H,8,15-16H2,1-4H3/b14-11+. The zero-order valence-electron chi connectivity index (χ0n) is 10.7. The zero-order valence-corrected chi connectivity index (χ0v) is 10.7. The Labute approximate surface area is 98.3 Å². The van der Waals surface area contributed by atoms with Gasteiger partial charge >= 0.3 is 0 Å². The third-order valence-electron chi connectivity index (χ3n) is 2.89. The quantitative estimate of drug-likeness (QED) is 0.819. The van der Waals surface area contributed by atoms with E-state index in [2.05, 4.69) is 39.0 Å². The van der Waals surface area contributed by atoms with Crippen LogP contribution in [0.3, 0.4) is 0 Å². The van der Waals surface area contributed by atoms with Crippen molar-refractivity contribution in [2.24, 2.45) is 11.5 Å². The second-order valence-electron chi connectivity index (χ2n) is 4.64. The van der Waals surface area contributed by atoms with Gasteiger partial charge in [-0.25, -0.2) is 0 Å². The predicted octanol–water partition coefficient (Wildman–Crippen LogP) is 2.77. The Balaban J connectivity index is 3.34. The first-order chi connectivity index (χ1) is 7.47. The van der Waals surface area contributed by atoms with E-state index in [4.69, 9.17) is 11.5 Å². The molecule has 88 valence electrons. The van der Waals surface area contributed by atoms with E-state index in [1.54, 1.807) is 0 Å². The van der Waals surface area contributed by atoms with Crippen molar-refractivity contribution in [2.45, 2.75) is 33.6 Å². The van der Waals surface area contributed by atoms with Gasteiger partial charge in [-0.3, -0.25) is 0 Å². The molecule has 2 heteroatoms. The van der Waals surface area contributed by atoms with Crippen LogP contribution >= 0.6 is 0 Å². The van der Waals surface area contributed by atoms with Crippen molar-refractivity contribution in [1.29, 1.82) is 0 Å². The van der Waals surface area contributed by atoms with E-state index >= 15 is 0 Å². The highest BCUT2D eigenvalue weighted by atomic mass is 14.6. The smallest absolute Gasteiger partial charge is 0.0392 e. The lowest BCUT2D eigenvalue weighted by molar-refractivity contribution is 0.859. The van der Waals surface area contributed by atoms with Gasteiger partial charge in [0.25, 0.3) is 0 Å². The molecular formula is C14H22N2. The summed E-state index contributed by atoms with van der Waals surface area (Å²) in [5, 5.41) is 0. The van der Waals surface area contributed by atoms with Crippen molar-refractivity contribution >= 4 is 5.70 Å². The monoisotopic (exact) mass is 218 g/mol. The molecule has 0 saturated heterocycles. The molecule has 0 unspecified atom stereocenters. The maximum Gasteiger partial charge on any atom is 0.0392 e. The third-order valence-corrected chi connectivity index (χ3v) is 2.89. The van der Waals surface area contributed by atoms with Crippen LogP contribution < -0.4 is 11.5 Å². The largest absolute Gasteiger partial charge is 0.398 e. The number of nitrogens with two attached hydrogens (primary N) is 2. The highest BCUT2D eigenvalue weighted by Crippen LogP contribution is 2.25. The summed E-state index contributed by atoms with van der Waals surface area (Å²) in [6.07, 6.45) is 0. The van der Waals surface area contributed by atoms with Gasteiger partial charge in [-0.15, -0.1) is 0 Å². The van der Waals surface area contributed by atoms with E-state index in [1.807, 2.05) is 6.92 Å². The Morgan fingerprint density at radius 1 is 1.31 bits per heavy atom. The Kier molecular flexibility index (Phi) is 4.13. The lowest BCUT2D eigenvalue weighted by Crippen LogP contribution is -2.10. The van der Waals surface area contributed by atoms with Crippen LogP contribution in [0.25, 0.3) is 5.70 Å². The van der Waals surface area contributed by atoms with E-state index in [0.29, 0.717) is 12.5 Å². The Bertz CT molecular complexity index is 403. The fourth-order valence-corrected chi connectivity index (χ4v) is 1.74. The molecule has 0 saturated carbocycles. The molecule has 0 aliphatic carbocycles. The molecule has 0 fully saturated rings. The SMILES string of the molecule is C/C(CN)=C(\N)c1ccc(C)cc1C(C)C. The maximum absolute atomic E-state index is 6.14. The second-order valence-corrected chi connectivity index (χ2v) is 4.64. The third kappa shape index (κ3) is 2.64. The van der Waals surface area contributed by atoms with Crippen molar-refractivity contribution in [1.82, 2.24) is 0 Å². The van der Waals surface area contributed by atoms with Gasteiger partial charge in [0.15, 0.2) is 0 Å². The minimum atomic E-state index is 0.471. The van der Waals surface area contributed by atoms with Crippen LogP contribution in [0.15, 0.2) is 23.8 Å². The summed E-state index contributed by atoms with van der Waals surface area (Å²) in [4.78, 5) is 0. The molecule has 1 rings (SSSR count). The van der Waals surface area contributed by atoms with E-state index < -0.39 is 0 Å². The van der Waals surface area contributed by atoms with Gasteiger partial charge in [0.05, 0.1) is 0 Å². The summed E-state index contributed by atoms with van der Waals surface area (Å²) in [5.41, 5.74) is 17.3. The Morgan fingerprint density at radius 3 is 2.44 bits per heavy atom. The highest BCUT2D eigenvalue weighted by molar-refractivity contribution is 5.69. The van der Waals surface area contributed by atoms with Crippen LogP contribution in [0.5, 0.6) is 0 Å². The molecule has 1 aromatic rings. The van der Waals surface area contributed by atoms with Gasteiger partial charge in [-0.05, 0) is 30.9 Å². The summed E-state index contributed by atoms with van der Waals surface area (Å²) in [7, 11) is 0. The molecule has 16 heavy (non-hydrogen) atoms. The molecule has 0 spiro atoms. The summed E-state index contributed by atoms with van der Waals surface area (Å²) in [6, 6.07) is 6.40. The molecule has 2 nitrogen and oxygen atoms in total. The van der Waals surface area contributed by atoms with Crippen LogP contribution in [-0.2, 0) is 0 Å². The second kappa shape index (κ2) is 5.17. The molecule has 0 bridgehead atoms. The Hall–Kier alpha value is -1.28. The molecule has 4 N–H and O–H groups in total. The minimum absolute atomic E-state index is 0.471. The minimum Gasteiger partial charge on any atom is -0.398 e. The van der Waals surface area contributed by atoms with E-state index in [-0.39, 0.29) is 0 Å². The molecule has 0 aliphatic heterocycles. The number of aryl methyl sites for hydroxylation is 1. The molecule has 1 aromatic carbocycles. The van der Waals surface area contributed by atoms with Crippen LogP contribution in [0.4, 0.5) is 0 Å². The Morgan fingerprint density at radius 2 is 1.94 bits per heavy atom. The first kappa shape index (κ1) is 12.8. The fourth-order valence-electron chi connectivity index (χ4n) is 1.74. The summed E-state index contributed by atoms with van der Waals surface area (Å²) in [5.74, 6) is 0.471. The van der Waals surface area contributed by atoms with Crippen molar-refractivity contribution in [3.05, 3.63) is 40.5 Å². The fraction of sp³-hybridized carbons (Fsp3) is 0.429. The van der Waals surface area contributed by atoms with Gasteiger partial charge in [0.2, 0.25) is 0 Å². The van der Waals surface area contributed by atoms with Gasteiger partial charge in [0.1, 0.15) is 0 Å². The van der Waals surface area contributed by atoms with Crippen LogP contribution in [-0.4, -0.2) is 6.54 Å². The van der Waals surface area contributed by atoms with Crippen LogP contribution in [0.1, 0.15) is 43.4 Å². The first-order valence-electron chi connectivity index (χ1n) is 5.73. The lowest BCUT2D eigenvalue weighted by atomic mass is 9.92. The molecular weight excluding hydrogens is 196 g/mol. The number of hydrogen-bond donors (Lipinski definition) is 2. The topological polar surface area (TPSA) is 52.0 Å². The summed E-state index contributed by atoms with van der Waals surface area (Å²) in [6.45, 7) is 8.97. The van der Waals surface area contributed by atoms with Crippen LogP contribution in [0, 0.1) is 6.92 Å². The average molecular weight is 218 g/mol. The van der Waals surface area contributed by atoms with Crippen LogP contribution in [0.2, 0.25) is 0 Å².